The van der Waals surface area contributed by atoms with E-state index in [0.717, 1.165) is 12.8 Å². The summed E-state index contributed by atoms with van der Waals surface area (Å²) in [4.78, 5) is 39.0. The topological polar surface area (TPSA) is 97.0 Å². The van der Waals surface area contributed by atoms with E-state index in [4.69, 9.17) is 21.7 Å². The van der Waals surface area contributed by atoms with Gasteiger partial charge in [-0.15, -0.1) is 0 Å². The lowest BCUT2D eigenvalue weighted by atomic mass is 10.1. The van der Waals surface area contributed by atoms with Gasteiger partial charge in [0.1, 0.15) is 11.8 Å². The van der Waals surface area contributed by atoms with Gasteiger partial charge in [0.25, 0.3) is 5.91 Å². The molecule has 170 valence electrons. The van der Waals surface area contributed by atoms with Gasteiger partial charge < -0.3 is 19.7 Å². The highest BCUT2D eigenvalue weighted by Gasteiger charge is 2.34. The molecule has 0 bridgehead atoms. The molecular formula is C22H31N3O5S. The Hall–Kier alpha value is -2.68. The Bertz CT molecular complexity index is 799. The number of hydrogen-bond acceptors (Lipinski definition) is 6. The fraction of sp³-hybridized carbons (Fsp3) is 0.545. The smallest absolute Gasteiger partial charge is 0.308 e. The van der Waals surface area contributed by atoms with Gasteiger partial charge in [0.15, 0.2) is 5.11 Å². The van der Waals surface area contributed by atoms with Crippen LogP contribution in [0.15, 0.2) is 24.3 Å². The molecule has 9 heteroatoms. The molecule has 1 fully saturated rings. The van der Waals surface area contributed by atoms with Gasteiger partial charge in [-0.2, -0.15) is 0 Å². The number of piperazine rings is 1. The van der Waals surface area contributed by atoms with E-state index in [1.54, 1.807) is 29.2 Å². The van der Waals surface area contributed by atoms with E-state index in [0.29, 0.717) is 31.0 Å². The average Bonchev–Trinajstić information content (AvgIpc) is 2.74. The van der Waals surface area contributed by atoms with E-state index in [1.807, 2.05) is 13.8 Å². The number of nitrogens with one attached hydrogen (secondary N) is 2. The summed E-state index contributed by atoms with van der Waals surface area (Å²) in [5.74, 6) is -0.567. The van der Waals surface area contributed by atoms with Crippen molar-refractivity contribution < 1.29 is 23.9 Å². The predicted octanol–water partition coefficient (Wildman–Crippen LogP) is 2.27. The van der Waals surface area contributed by atoms with E-state index >= 15 is 0 Å². The number of benzene rings is 1. The number of nitrogens with zero attached hydrogens (tertiary/aromatic N) is 1. The molecular weight excluding hydrogens is 418 g/mol. The predicted molar refractivity (Wildman–Crippen MR) is 121 cm³/mol. The van der Waals surface area contributed by atoms with Crippen LogP contribution >= 0.6 is 12.2 Å². The van der Waals surface area contributed by atoms with Crippen molar-refractivity contribution in [1.82, 2.24) is 15.5 Å². The number of thiocarbonyl (C=S) groups is 1. The van der Waals surface area contributed by atoms with E-state index in [9.17, 15) is 14.4 Å². The Morgan fingerprint density at radius 2 is 2.06 bits per heavy atom. The third kappa shape index (κ3) is 7.50. The van der Waals surface area contributed by atoms with E-state index in [1.165, 1.54) is 0 Å². The van der Waals surface area contributed by atoms with E-state index < -0.39 is 17.9 Å². The Labute approximate surface area is 188 Å². The van der Waals surface area contributed by atoms with Crippen LogP contribution in [0.3, 0.4) is 0 Å². The molecule has 0 aliphatic carbocycles. The first-order chi connectivity index (χ1) is 14.8. The highest BCUT2D eigenvalue weighted by atomic mass is 32.1. The first-order valence-corrected chi connectivity index (χ1v) is 11.0. The van der Waals surface area contributed by atoms with Gasteiger partial charge in [-0.25, -0.2) is 0 Å². The van der Waals surface area contributed by atoms with Crippen molar-refractivity contribution in [3.8, 4) is 5.75 Å². The second-order valence-electron chi connectivity index (χ2n) is 7.74. The van der Waals surface area contributed by atoms with Crippen LogP contribution in [0.4, 0.5) is 0 Å². The monoisotopic (exact) mass is 449 g/mol. The molecule has 0 saturated carbocycles. The molecule has 1 heterocycles. The third-order valence-corrected chi connectivity index (χ3v) is 4.97. The number of carbonyl (C=O) groups is 3. The summed E-state index contributed by atoms with van der Waals surface area (Å²) in [7, 11) is 0. The van der Waals surface area contributed by atoms with Crippen LogP contribution in [-0.4, -0.2) is 60.1 Å². The molecule has 31 heavy (non-hydrogen) atoms. The number of amides is 2. The third-order valence-electron chi connectivity index (χ3n) is 4.64. The van der Waals surface area contributed by atoms with Crippen molar-refractivity contribution in [2.75, 3.05) is 26.3 Å². The number of carbonyl (C=O) groups excluding carboxylic acids is 3. The minimum Gasteiger partial charge on any atom is -0.493 e. The number of hydrogen-bond donors (Lipinski definition) is 2. The van der Waals surface area contributed by atoms with Crippen molar-refractivity contribution in [2.24, 2.45) is 5.92 Å². The molecule has 1 aromatic rings. The second kappa shape index (κ2) is 12.2. The molecule has 1 aliphatic rings. The van der Waals surface area contributed by atoms with Crippen LogP contribution in [0.1, 0.15) is 50.4 Å². The van der Waals surface area contributed by atoms with Crippen LogP contribution in [0.2, 0.25) is 0 Å². The lowest BCUT2D eigenvalue weighted by molar-refractivity contribution is -0.148. The molecule has 1 unspecified atom stereocenters. The highest BCUT2D eigenvalue weighted by molar-refractivity contribution is 7.80. The number of rotatable bonds is 9. The summed E-state index contributed by atoms with van der Waals surface area (Å²) >= 11 is 5.41. The van der Waals surface area contributed by atoms with Crippen molar-refractivity contribution in [3.05, 3.63) is 29.8 Å². The lowest BCUT2D eigenvalue weighted by Crippen LogP contribution is -2.60. The van der Waals surface area contributed by atoms with Gasteiger partial charge in [0, 0.05) is 13.1 Å². The average molecular weight is 450 g/mol. The highest BCUT2D eigenvalue weighted by Crippen LogP contribution is 2.19. The normalized spacial score (nSPS) is 15.9. The zero-order chi connectivity index (χ0) is 22.8. The number of unbranched alkanes of at least 4 members (excludes halogenated alkanes) is 1. The van der Waals surface area contributed by atoms with E-state index in [-0.39, 0.29) is 30.0 Å². The number of ether oxygens (including phenoxy) is 2. The van der Waals surface area contributed by atoms with Crippen LogP contribution < -0.4 is 15.4 Å². The van der Waals surface area contributed by atoms with Gasteiger partial charge in [0.2, 0.25) is 5.91 Å². The summed E-state index contributed by atoms with van der Waals surface area (Å²) in [6.45, 7) is 7.46. The summed E-state index contributed by atoms with van der Waals surface area (Å²) in [6.07, 6.45) is 1.72. The Kier molecular flexibility index (Phi) is 9.71. The maximum absolute atomic E-state index is 12.8. The maximum atomic E-state index is 12.8. The maximum Gasteiger partial charge on any atom is 0.308 e. The molecule has 2 rings (SSSR count). The molecule has 1 aromatic carbocycles. The summed E-state index contributed by atoms with van der Waals surface area (Å²) < 4.78 is 10.9. The molecule has 1 atom stereocenters. The largest absolute Gasteiger partial charge is 0.493 e. The first-order valence-electron chi connectivity index (χ1n) is 10.6. The van der Waals surface area contributed by atoms with Crippen LogP contribution in [-0.2, 0) is 14.3 Å². The lowest BCUT2D eigenvalue weighted by Gasteiger charge is -2.36. The molecule has 2 amide bonds. The fourth-order valence-corrected chi connectivity index (χ4v) is 3.29. The molecule has 2 N–H and O–H groups in total. The van der Waals surface area contributed by atoms with Gasteiger partial charge in [-0.1, -0.05) is 39.3 Å². The van der Waals surface area contributed by atoms with Crippen molar-refractivity contribution >= 4 is 35.1 Å². The SMILES string of the molecule is CCCCOc1ccccc1C(=O)NC(=S)N1CCNC(=O)C1CC(=O)OCC(C)C. The second-order valence-corrected chi connectivity index (χ2v) is 8.13. The van der Waals surface area contributed by atoms with Crippen LogP contribution in [0, 0.1) is 5.92 Å². The number of para-hydroxylation sites is 1. The van der Waals surface area contributed by atoms with E-state index in [2.05, 4.69) is 17.6 Å². The minimum absolute atomic E-state index is 0.0878. The van der Waals surface area contributed by atoms with Crippen molar-refractivity contribution in [3.63, 3.8) is 0 Å². The molecule has 0 radical (unpaired) electrons. The van der Waals surface area contributed by atoms with Gasteiger partial charge >= 0.3 is 5.97 Å². The quantitative estimate of drug-likeness (QED) is 0.339. The molecule has 0 aromatic heterocycles. The minimum atomic E-state index is -0.836. The summed E-state index contributed by atoms with van der Waals surface area (Å²) in [6, 6.07) is 6.09. The zero-order valence-electron chi connectivity index (χ0n) is 18.3. The molecule has 1 saturated heterocycles. The Morgan fingerprint density at radius 3 is 2.77 bits per heavy atom. The standard InChI is InChI=1S/C22H31N3O5S/c1-4-5-12-29-18-9-7-6-8-16(18)20(27)24-22(31)25-11-10-23-21(28)17(25)13-19(26)30-14-15(2)3/h6-9,15,17H,4-5,10-14H2,1-3H3,(H,23,28)(H,24,27,31). The van der Waals surface area contributed by atoms with Crippen molar-refractivity contribution in [2.45, 2.75) is 46.1 Å². The summed E-state index contributed by atoms with van der Waals surface area (Å²) in [5, 5.41) is 5.49. The van der Waals surface area contributed by atoms with Gasteiger partial charge in [-0.3, -0.25) is 19.7 Å². The molecule has 1 aliphatic heterocycles. The van der Waals surface area contributed by atoms with Gasteiger partial charge in [0.05, 0.1) is 25.2 Å². The first kappa shape index (κ1) is 24.6. The fourth-order valence-electron chi connectivity index (χ4n) is 2.98. The van der Waals surface area contributed by atoms with Crippen LogP contribution in [0.5, 0.6) is 5.75 Å². The Morgan fingerprint density at radius 1 is 1.32 bits per heavy atom. The van der Waals surface area contributed by atoms with Crippen molar-refractivity contribution in [1.29, 1.82) is 0 Å². The van der Waals surface area contributed by atoms with Crippen LogP contribution in [0.25, 0.3) is 0 Å². The number of esters is 1. The molecule has 8 nitrogen and oxygen atoms in total. The molecule has 0 spiro atoms. The Balaban J connectivity index is 2.05. The van der Waals surface area contributed by atoms with Gasteiger partial charge in [-0.05, 0) is 36.7 Å². The zero-order valence-corrected chi connectivity index (χ0v) is 19.1. The summed E-state index contributed by atoms with van der Waals surface area (Å²) in [5.41, 5.74) is 0.357.